The summed E-state index contributed by atoms with van der Waals surface area (Å²) < 4.78 is 0. The molecular formula is C4HClNa2O4. The molecule has 0 saturated heterocycles. The Bertz CT molecular complexity index is 179. The van der Waals surface area contributed by atoms with Gasteiger partial charge in [-0.3, -0.25) is 0 Å². The number of hydrogen-bond acceptors (Lipinski definition) is 4. The summed E-state index contributed by atoms with van der Waals surface area (Å²) in [5, 5.41) is 18.3. The molecule has 0 aromatic carbocycles. The van der Waals surface area contributed by atoms with Gasteiger partial charge in [-0.2, -0.15) is 0 Å². The average Bonchev–Trinajstić information content (AvgIpc) is 1.63. The Labute approximate surface area is 112 Å². The molecule has 50 valence electrons. The Balaban J connectivity index is -0.000000320. The van der Waals surface area contributed by atoms with Crippen molar-refractivity contribution in [1.82, 2.24) is 0 Å². The van der Waals surface area contributed by atoms with Crippen LogP contribution in [0.2, 0.25) is 0 Å². The number of hydrogen-bond donors (Lipinski definition) is 0. The van der Waals surface area contributed by atoms with Crippen molar-refractivity contribution in [3.63, 3.8) is 0 Å². The molecule has 0 radical (unpaired) electrons. The Morgan fingerprint density at radius 3 is 1.64 bits per heavy atom. The van der Waals surface area contributed by atoms with Gasteiger partial charge < -0.3 is 19.8 Å². The fourth-order valence-corrected chi connectivity index (χ4v) is 0.251. The summed E-state index contributed by atoms with van der Waals surface area (Å²) in [6, 6.07) is 0. The minimum absolute atomic E-state index is 0. The molecule has 0 atom stereocenters. The molecule has 0 aromatic rings. The molecular weight excluding hydrogens is 193 g/mol. The first-order valence-electron chi connectivity index (χ1n) is 1.83. The summed E-state index contributed by atoms with van der Waals surface area (Å²) in [6.45, 7) is 0. The van der Waals surface area contributed by atoms with Crippen molar-refractivity contribution in [3.05, 3.63) is 11.1 Å². The number of carbonyl (C=O) groups is 2. The Morgan fingerprint density at radius 1 is 1.18 bits per heavy atom. The van der Waals surface area contributed by atoms with E-state index < -0.39 is 17.0 Å². The number of aliphatic carboxylic acids is 2. The van der Waals surface area contributed by atoms with Crippen LogP contribution < -0.4 is 69.3 Å². The zero-order chi connectivity index (χ0) is 7.44. The second-order valence-electron chi connectivity index (χ2n) is 1.10. The van der Waals surface area contributed by atoms with Gasteiger partial charge in [0.25, 0.3) is 0 Å². The van der Waals surface area contributed by atoms with Gasteiger partial charge >= 0.3 is 59.1 Å². The Hall–Kier alpha value is 0.970. The van der Waals surface area contributed by atoms with Gasteiger partial charge in [0.15, 0.2) is 0 Å². The molecule has 0 spiro atoms. The first kappa shape index (κ1) is 17.9. The van der Waals surface area contributed by atoms with Crippen LogP contribution in [0, 0.1) is 0 Å². The van der Waals surface area contributed by atoms with Crippen LogP contribution in [0.3, 0.4) is 0 Å². The van der Waals surface area contributed by atoms with Gasteiger partial charge in [-0.15, -0.1) is 0 Å². The van der Waals surface area contributed by atoms with E-state index in [0.717, 1.165) is 0 Å². The number of carboxylic acids is 2. The van der Waals surface area contributed by atoms with Gasteiger partial charge in [0.1, 0.15) is 0 Å². The first-order chi connectivity index (χ1) is 4.04. The fourth-order valence-electron chi connectivity index (χ4n) is 0.162. The van der Waals surface area contributed by atoms with Gasteiger partial charge in [0, 0.05) is 0 Å². The molecule has 0 unspecified atom stereocenters. The minimum atomic E-state index is -1.74. The molecule has 0 aliphatic heterocycles. The quantitative estimate of drug-likeness (QED) is 0.323. The van der Waals surface area contributed by atoms with E-state index in [1.165, 1.54) is 0 Å². The summed E-state index contributed by atoms with van der Waals surface area (Å²) in [5.74, 6) is -3.40. The van der Waals surface area contributed by atoms with Gasteiger partial charge in [-0.25, -0.2) is 0 Å². The zero-order valence-electron chi connectivity index (χ0n) is 6.09. The third kappa shape index (κ3) is 11.0. The van der Waals surface area contributed by atoms with E-state index in [-0.39, 0.29) is 65.2 Å². The summed E-state index contributed by atoms with van der Waals surface area (Å²) in [4.78, 5) is 19.2. The maximum absolute atomic E-state index is 9.63. The van der Waals surface area contributed by atoms with E-state index >= 15 is 0 Å². The number of halogens is 1. The molecule has 0 saturated carbocycles. The number of rotatable bonds is 2. The van der Waals surface area contributed by atoms with Crippen molar-refractivity contribution < 1.29 is 78.9 Å². The molecule has 0 amide bonds. The summed E-state index contributed by atoms with van der Waals surface area (Å²) >= 11 is 4.79. The third-order valence-corrected chi connectivity index (χ3v) is 0.703. The van der Waals surface area contributed by atoms with E-state index in [4.69, 9.17) is 11.6 Å². The SMILES string of the molecule is O=C([O-])/C=C(/Cl)C(=O)[O-].[Na+].[Na+]. The summed E-state index contributed by atoms with van der Waals surface area (Å²) in [5.41, 5.74) is 0. The third-order valence-electron chi connectivity index (χ3n) is 0.440. The van der Waals surface area contributed by atoms with Crippen LogP contribution in [0.1, 0.15) is 0 Å². The largest absolute Gasteiger partial charge is 1.00 e. The molecule has 0 heterocycles. The van der Waals surface area contributed by atoms with E-state index in [9.17, 15) is 19.8 Å². The molecule has 11 heavy (non-hydrogen) atoms. The molecule has 0 fully saturated rings. The first-order valence-corrected chi connectivity index (χ1v) is 2.21. The second-order valence-corrected chi connectivity index (χ2v) is 1.51. The topological polar surface area (TPSA) is 80.3 Å². The van der Waals surface area contributed by atoms with Crippen molar-refractivity contribution in [2.75, 3.05) is 0 Å². The van der Waals surface area contributed by atoms with E-state index in [0.29, 0.717) is 0 Å². The van der Waals surface area contributed by atoms with Gasteiger partial charge in [0.2, 0.25) is 0 Å². The number of carboxylic acid groups (broad SMARTS) is 2. The van der Waals surface area contributed by atoms with E-state index in [1.54, 1.807) is 0 Å². The molecule has 0 N–H and O–H groups in total. The van der Waals surface area contributed by atoms with Crippen LogP contribution in [0.4, 0.5) is 0 Å². The number of carbonyl (C=O) groups excluding carboxylic acids is 2. The van der Waals surface area contributed by atoms with Crippen molar-refractivity contribution in [2.45, 2.75) is 0 Å². The van der Waals surface area contributed by atoms with Crippen LogP contribution >= 0.6 is 11.6 Å². The predicted octanol–water partition coefficient (Wildman–Crippen LogP) is -8.38. The minimum Gasteiger partial charge on any atom is -0.545 e. The van der Waals surface area contributed by atoms with Crippen LogP contribution in [0.15, 0.2) is 11.1 Å². The zero-order valence-corrected chi connectivity index (χ0v) is 10.8. The van der Waals surface area contributed by atoms with Crippen molar-refractivity contribution in [3.8, 4) is 0 Å². The van der Waals surface area contributed by atoms with Crippen LogP contribution in [0.5, 0.6) is 0 Å². The summed E-state index contributed by atoms with van der Waals surface area (Å²) in [6.07, 6.45) is 0.233. The Kier molecular flexibility index (Phi) is 14.7. The van der Waals surface area contributed by atoms with Gasteiger partial charge in [-0.05, 0) is 6.08 Å². The average molecular weight is 194 g/mol. The normalized spacial score (nSPS) is 9.00. The van der Waals surface area contributed by atoms with E-state index in [2.05, 4.69) is 0 Å². The molecule has 7 heteroatoms. The standard InChI is InChI=1S/C4H3ClO4.2Na/c5-2(4(8)9)1-3(6)7;;/h1H,(H,6,7)(H,8,9);;/q;2*+1/p-2/b2-1+;;. The predicted molar refractivity (Wildman–Crippen MR) is 23.9 cm³/mol. The maximum Gasteiger partial charge on any atom is 1.00 e. The Morgan fingerprint density at radius 2 is 1.55 bits per heavy atom. The molecule has 0 rings (SSSR count). The second kappa shape index (κ2) is 9.06. The molecule has 0 aliphatic rings. The molecule has 0 bridgehead atoms. The van der Waals surface area contributed by atoms with Crippen LogP contribution in [-0.2, 0) is 9.59 Å². The molecule has 4 nitrogen and oxygen atoms in total. The smallest absolute Gasteiger partial charge is 0.545 e. The fraction of sp³-hybridized carbons (Fsp3) is 0. The van der Waals surface area contributed by atoms with Crippen LogP contribution in [0.25, 0.3) is 0 Å². The monoisotopic (exact) mass is 194 g/mol. The van der Waals surface area contributed by atoms with Gasteiger partial charge in [0.05, 0.1) is 17.0 Å². The van der Waals surface area contributed by atoms with Crippen LogP contribution in [-0.4, -0.2) is 11.9 Å². The molecule has 0 aliphatic carbocycles. The van der Waals surface area contributed by atoms with Gasteiger partial charge in [-0.1, -0.05) is 11.6 Å². The maximum atomic E-state index is 9.63. The summed E-state index contributed by atoms with van der Waals surface area (Å²) in [7, 11) is 0. The van der Waals surface area contributed by atoms with E-state index in [1.807, 2.05) is 0 Å². The van der Waals surface area contributed by atoms with Crippen molar-refractivity contribution in [1.29, 1.82) is 0 Å². The molecule has 0 aromatic heterocycles. The van der Waals surface area contributed by atoms with Crippen molar-refractivity contribution >= 4 is 23.5 Å². The van der Waals surface area contributed by atoms with Crippen molar-refractivity contribution in [2.24, 2.45) is 0 Å².